The molecular weight excluding hydrogens is 446 g/mol. The zero-order valence-electron chi connectivity index (χ0n) is 20.6. The van der Waals surface area contributed by atoms with Gasteiger partial charge in [0.05, 0.1) is 0 Å². The van der Waals surface area contributed by atoms with E-state index in [0.717, 1.165) is 30.3 Å². The number of hydrogen-bond acceptors (Lipinski definition) is 3. The lowest BCUT2D eigenvalue weighted by Crippen LogP contribution is -2.36. The second kappa shape index (κ2) is 10.6. The maximum atomic E-state index is 13.3. The van der Waals surface area contributed by atoms with Crippen LogP contribution in [-0.4, -0.2) is 31.4 Å². The van der Waals surface area contributed by atoms with Crippen LogP contribution in [0.25, 0.3) is 10.8 Å². The zero-order chi connectivity index (χ0) is 24.9. The molecule has 0 atom stereocenters. The van der Waals surface area contributed by atoms with Crippen LogP contribution in [0, 0.1) is 0 Å². The number of anilines is 2. The van der Waals surface area contributed by atoms with Gasteiger partial charge >= 0.3 is 6.03 Å². The lowest BCUT2D eigenvalue weighted by molar-refractivity contribution is 0.103. The lowest BCUT2D eigenvalue weighted by Gasteiger charge is -2.20. The zero-order valence-corrected chi connectivity index (χ0v) is 20.6. The molecule has 0 aliphatic carbocycles. The van der Waals surface area contributed by atoms with Crippen molar-refractivity contribution in [3.63, 3.8) is 0 Å². The van der Waals surface area contributed by atoms with Gasteiger partial charge in [-0.3, -0.25) is 4.79 Å². The normalized spacial score (nSPS) is 12.4. The molecule has 5 heteroatoms. The quantitative estimate of drug-likeness (QED) is 0.305. The first-order valence-corrected chi connectivity index (χ1v) is 12.7. The average Bonchev–Trinajstić information content (AvgIpc) is 3.36. The summed E-state index contributed by atoms with van der Waals surface area (Å²) in [6, 6.07) is 28.0. The van der Waals surface area contributed by atoms with Crippen molar-refractivity contribution < 1.29 is 9.59 Å². The molecule has 2 amide bonds. The van der Waals surface area contributed by atoms with Crippen molar-refractivity contribution in [1.82, 2.24) is 10.6 Å². The highest BCUT2D eigenvalue weighted by Crippen LogP contribution is 2.40. The van der Waals surface area contributed by atoms with E-state index in [1.807, 2.05) is 55.5 Å². The molecule has 4 aromatic carbocycles. The minimum absolute atomic E-state index is 0.0128. The van der Waals surface area contributed by atoms with Crippen LogP contribution < -0.4 is 15.5 Å². The number of ketones is 1. The average molecular weight is 478 g/mol. The maximum Gasteiger partial charge on any atom is 0.314 e. The Morgan fingerprint density at radius 2 is 1.56 bits per heavy atom. The largest absolute Gasteiger partial charge is 0.341 e. The smallest absolute Gasteiger partial charge is 0.314 e. The fourth-order valence-electron chi connectivity index (χ4n) is 5.05. The molecule has 1 aliphatic heterocycles. The van der Waals surface area contributed by atoms with E-state index in [9.17, 15) is 9.59 Å². The number of urea groups is 1. The van der Waals surface area contributed by atoms with Crippen molar-refractivity contribution in [1.29, 1.82) is 0 Å². The van der Waals surface area contributed by atoms with Gasteiger partial charge in [0.15, 0.2) is 5.78 Å². The minimum Gasteiger partial charge on any atom is -0.341 e. The van der Waals surface area contributed by atoms with Gasteiger partial charge in [0.1, 0.15) is 0 Å². The molecule has 36 heavy (non-hydrogen) atoms. The number of amides is 2. The van der Waals surface area contributed by atoms with Crippen LogP contribution in [-0.2, 0) is 12.8 Å². The van der Waals surface area contributed by atoms with Gasteiger partial charge in [-0.25, -0.2) is 4.79 Å². The Morgan fingerprint density at radius 3 is 2.31 bits per heavy atom. The molecule has 0 aromatic heterocycles. The molecule has 5 rings (SSSR count). The van der Waals surface area contributed by atoms with Crippen LogP contribution in [0.15, 0.2) is 84.9 Å². The summed E-state index contributed by atoms with van der Waals surface area (Å²) in [7, 11) is 0. The van der Waals surface area contributed by atoms with Crippen molar-refractivity contribution in [2.75, 3.05) is 24.5 Å². The summed E-state index contributed by atoms with van der Waals surface area (Å²) in [6.07, 6.45) is 2.48. The van der Waals surface area contributed by atoms with E-state index in [0.29, 0.717) is 30.6 Å². The molecule has 1 aliphatic rings. The van der Waals surface area contributed by atoms with Gasteiger partial charge in [0, 0.05) is 42.1 Å². The fourth-order valence-corrected chi connectivity index (χ4v) is 5.05. The third-order valence-electron chi connectivity index (χ3n) is 6.74. The summed E-state index contributed by atoms with van der Waals surface area (Å²) in [5, 5.41) is 8.10. The first kappa shape index (κ1) is 23.6. The van der Waals surface area contributed by atoms with E-state index in [2.05, 4.69) is 51.9 Å². The van der Waals surface area contributed by atoms with Crippen LogP contribution in [0.2, 0.25) is 0 Å². The van der Waals surface area contributed by atoms with Crippen LogP contribution in [0.1, 0.15) is 40.4 Å². The van der Waals surface area contributed by atoms with Crippen LogP contribution in [0.4, 0.5) is 16.2 Å². The number of fused-ring (bicyclic) bond motifs is 3. The van der Waals surface area contributed by atoms with E-state index in [1.54, 1.807) is 0 Å². The third kappa shape index (κ3) is 4.82. The number of carbonyl (C=O) groups excluding carboxylic acids is 2. The molecule has 0 radical (unpaired) electrons. The lowest BCUT2D eigenvalue weighted by atomic mass is 9.91. The standard InChI is InChI=1S/C31H31N3O2/c1-2-17-32-31(36)33-18-15-24-21-25(30(35)22-9-5-3-6-10-22)20-23-13-14-28-27(29(23)24)16-19-34(28)26-11-7-4-8-12-26/h3-14,20-21H,2,15-19H2,1H3,(H2,32,33,36). The van der Waals surface area contributed by atoms with Crippen molar-refractivity contribution in [2.45, 2.75) is 26.2 Å². The third-order valence-corrected chi connectivity index (χ3v) is 6.74. The Bertz CT molecular complexity index is 1380. The summed E-state index contributed by atoms with van der Waals surface area (Å²) in [6.45, 7) is 4.10. The van der Waals surface area contributed by atoms with Crippen molar-refractivity contribution in [3.8, 4) is 0 Å². The second-order valence-electron chi connectivity index (χ2n) is 9.16. The van der Waals surface area contributed by atoms with Crippen molar-refractivity contribution in [3.05, 3.63) is 107 Å². The van der Waals surface area contributed by atoms with Gasteiger partial charge in [0.25, 0.3) is 0 Å². The minimum atomic E-state index is -0.154. The van der Waals surface area contributed by atoms with E-state index in [-0.39, 0.29) is 11.8 Å². The molecule has 2 N–H and O–H groups in total. The van der Waals surface area contributed by atoms with Gasteiger partial charge < -0.3 is 15.5 Å². The first-order chi connectivity index (χ1) is 17.7. The molecule has 0 bridgehead atoms. The van der Waals surface area contributed by atoms with Gasteiger partial charge in [-0.2, -0.15) is 0 Å². The molecule has 5 nitrogen and oxygen atoms in total. The highest BCUT2D eigenvalue weighted by Gasteiger charge is 2.24. The van der Waals surface area contributed by atoms with Crippen molar-refractivity contribution in [2.24, 2.45) is 0 Å². The fraction of sp³-hybridized carbons (Fsp3) is 0.226. The Morgan fingerprint density at radius 1 is 0.833 bits per heavy atom. The second-order valence-corrected chi connectivity index (χ2v) is 9.16. The predicted molar refractivity (Wildman–Crippen MR) is 146 cm³/mol. The number of nitrogens with zero attached hydrogens (tertiary/aromatic N) is 1. The number of para-hydroxylation sites is 1. The van der Waals surface area contributed by atoms with Gasteiger partial charge in [-0.1, -0.05) is 61.5 Å². The van der Waals surface area contributed by atoms with Gasteiger partial charge in [-0.15, -0.1) is 0 Å². The Balaban J connectivity index is 1.53. The van der Waals surface area contributed by atoms with E-state index in [1.165, 1.54) is 22.3 Å². The Hall–Kier alpha value is -4.12. The van der Waals surface area contributed by atoms with Gasteiger partial charge in [0.2, 0.25) is 0 Å². The molecule has 0 spiro atoms. The monoisotopic (exact) mass is 477 g/mol. The molecule has 182 valence electrons. The van der Waals surface area contributed by atoms with Gasteiger partial charge in [-0.05, 0) is 71.5 Å². The molecule has 0 saturated heterocycles. The summed E-state index contributed by atoms with van der Waals surface area (Å²) in [5.41, 5.74) is 6.15. The number of nitrogens with one attached hydrogen (secondary N) is 2. The van der Waals surface area contributed by atoms with Crippen molar-refractivity contribution >= 4 is 34.0 Å². The van der Waals surface area contributed by atoms with Crippen LogP contribution in [0.3, 0.4) is 0 Å². The highest BCUT2D eigenvalue weighted by molar-refractivity contribution is 6.11. The van der Waals surface area contributed by atoms with E-state index >= 15 is 0 Å². The summed E-state index contributed by atoms with van der Waals surface area (Å²) in [5.74, 6) is 0.0128. The molecule has 4 aromatic rings. The highest BCUT2D eigenvalue weighted by atomic mass is 16.2. The Labute approximate surface area is 212 Å². The maximum absolute atomic E-state index is 13.3. The molecular formula is C31H31N3O2. The Kier molecular flexibility index (Phi) is 6.99. The van der Waals surface area contributed by atoms with E-state index < -0.39 is 0 Å². The molecule has 1 heterocycles. The summed E-state index contributed by atoms with van der Waals surface area (Å²) < 4.78 is 0. The number of rotatable bonds is 8. The SMILES string of the molecule is CCCNC(=O)NCCc1cc(C(=O)c2ccccc2)cc2ccc3c(c12)CCN3c1ccccc1. The van der Waals surface area contributed by atoms with E-state index in [4.69, 9.17) is 0 Å². The summed E-state index contributed by atoms with van der Waals surface area (Å²) >= 11 is 0. The molecule has 0 saturated carbocycles. The topological polar surface area (TPSA) is 61.4 Å². The number of benzene rings is 4. The summed E-state index contributed by atoms with van der Waals surface area (Å²) in [4.78, 5) is 27.8. The molecule has 0 fully saturated rings. The first-order valence-electron chi connectivity index (χ1n) is 12.7. The predicted octanol–water partition coefficient (Wildman–Crippen LogP) is 6.02. The number of carbonyl (C=O) groups is 2. The number of hydrogen-bond donors (Lipinski definition) is 2. The molecule has 0 unspecified atom stereocenters. The van der Waals surface area contributed by atoms with Crippen LogP contribution >= 0.6 is 0 Å². The van der Waals surface area contributed by atoms with Crippen LogP contribution in [0.5, 0.6) is 0 Å².